The third kappa shape index (κ3) is 7.95. The number of nitrogens with zero attached hydrogens (tertiary/aromatic N) is 3. The molecule has 184 valence electrons. The van der Waals surface area contributed by atoms with Gasteiger partial charge in [-0.2, -0.15) is 4.57 Å². The fraction of sp³-hybridized carbons (Fsp3) is 0.345. The first-order valence-corrected chi connectivity index (χ1v) is 11.9. The van der Waals surface area contributed by atoms with E-state index in [2.05, 4.69) is 0 Å². The maximum atomic E-state index is 13.7. The van der Waals surface area contributed by atoms with Crippen LogP contribution in [0.3, 0.4) is 0 Å². The van der Waals surface area contributed by atoms with Gasteiger partial charge in [-0.3, -0.25) is 4.79 Å². The second kappa shape index (κ2) is 11.6. The third-order valence-electron chi connectivity index (χ3n) is 5.55. The first-order chi connectivity index (χ1) is 16.6. The molecule has 0 saturated carbocycles. The van der Waals surface area contributed by atoms with E-state index < -0.39 is 17.6 Å². The lowest BCUT2D eigenvalue weighted by Crippen LogP contribution is -2.52. The van der Waals surface area contributed by atoms with Crippen LogP contribution < -0.4 is 9.47 Å². The highest BCUT2D eigenvalue weighted by atomic mass is 16.6. The molecule has 0 aliphatic rings. The molecule has 2 aromatic carbocycles. The summed E-state index contributed by atoms with van der Waals surface area (Å²) in [6, 6.07) is 22.7. The number of carbonyl (C=O) groups is 2. The summed E-state index contributed by atoms with van der Waals surface area (Å²) in [5.41, 5.74) is 2.31. The molecule has 6 nitrogen and oxygen atoms in total. The molecular formula is C29H36N3O3+. The first kappa shape index (κ1) is 25.9. The summed E-state index contributed by atoms with van der Waals surface area (Å²) in [6.07, 6.45) is 4.14. The van der Waals surface area contributed by atoms with Gasteiger partial charge in [0.05, 0.1) is 0 Å². The smallest absolute Gasteiger partial charge is 0.329 e. The number of rotatable bonds is 9. The minimum atomic E-state index is -0.758. The molecular weight excluding hydrogens is 438 g/mol. The van der Waals surface area contributed by atoms with Crippen molar-refractivity contribution in [2.75, 3.05) is 19.0 Å². The summed E-state index contributed by atoms with van der Waals surface area (Å²) in [7, 11) is 3.95. The van der Waals surface area contributed by atoms with Crippen LogP contribution in [0.25, 0.3) is 0 Å². The van der Waals surface area contributed by atoms with Crippen LogP contribution in [0, 0.1) is 0 Å². The minimum Gasteiger partial charge on any atom is -0.458 e. The summed E-state index contributed by atoms with van der Waals surface area (Å²) < 4.78 is 7.62. The second-order valence-corrected chi connectivity index (χ2v) is 9.87. The van der Waals surface area contributed by atoms with E-state index in [1.807, 2.05) is 130 Å². The highest BCUT2D eigenvalue weighted by Gasteiger charge is 2.35. The first-order valence-electron chi connectivity index (χ1n) is 11.9. The maximum Gasteiger partial charge on any atom is 0.329 e. The van der Waals surface area contributed by atoms with Crippen molar-refractivity contribution in [1.29, 1.82) is 0 Å². The molecule has 3 rings (SSSR count). The normalized spacial score (nSPS) is 12.0. The molecule has 35 heavy (non-hydrogen) atoms. The lowest BCUT2D eigenvalue weighted by molar-refractivity contribution is -0.685. The molecule has 0 N–H and O–H groups in total. The third-order valence-corrected chi connectivity index (χ3v) is 5.55. The van der Waals surface area contributed by atoms with Gasteiger partial charge < -0.3 is 14.5 Å². The Balaban J connectivity index is 1.94. The van der Waals surface area contributed by atoms with Gasteiger partial charge in [0.25, 0.3) is 5.91 Å². The quantitative estimate of drug-likeness (QED) is 0.347. The van der Waals surface area contributed by atoms with E-state index in [4.69, 9.17) is 4.74 Å². The average Bonchev–Trinajstić information content (AvgIpc) is 2.82. The van der Waals surface area contributed by atoms with Gasteiger partial charge in [0.2, 0.25) is 6.54 Å². The zero-order chi connectivity index (χ0) is 25.4. The van der Waals surface area contributed by atoms with Crippen molar-refractivity contribution in [3.05, 3.63) is 96.3 Å². The Morgan fingerprint density at radius 2 is 1.40 bits per heavy atom. The summed E-state index contributed by atoms with van der Waals surface area (Å²) in [5, 5.41) is 0. The van der Waals surface area contributed by atoms with Crippen LogP contribution in [0.5, 0.6) is 0 Å². The predicted octanol–water partition coefficient (Wildman–Crippen LogP) is 4.02. The van der Waals surface area contributed by atoms with Gasteiger partial charge >= 0.3 is 5.97 Å². The molecule has 0 fully saturated rings. The Morgan fingerprint density at radius 1 is 0.857 bits per heavy atom. The molecule has 1 aromatic heterocycles. The average molecular weight is 475 g/mol. The molecule has 1 unspecified atom stereocenters. The summed E-state index contributed by atoms with van der Waals surface area (Å²) in [5.74, 6) is -0.554. The number of anilines is 1. The van der Waals surface area contributed by atoms with Gasteiger partial charge in [0.15, 0.2) is 12.4 Å². The van der Waals surface area contributed by atoms with Crippen LogP contribution in [-0.4, -0.2) is 42.5 Å². The Morgan fingerprint density at radius 3 is 1.91 bits per heavy atom. The number of amides is 1. The molecule has 0 aliphatic carbocycles. The molecule has 1 atom stereocenters. The topological polar surface area (TPSA) is 53.7 Å². The molecule has 0 radical (unpaired) electrons. The highest BCUT2D eigenvalue weighted by Crippen LogP contribution is 2.19. The van der Waals surface area contributed by atoms with Crippen molar-refractivity contribution in [2.24, 2.45) is 0 Å². The summed E-state index contributed by atoms with van der Waals surface area (Å²) in [6.45, 7) is 5.96. The van der Waals surface area contributed by atoms with Gasteiger partial charge in [-0.25, -0.2) is 4.79 Å². The molecule has 1 heterocycles. The fourth-order valence-electron chi connectivity index (χ4n) is 3.78. The van der Waals surface area contributed by atoms with Crippen LogP contribution >= 0.6 is 0 Å². The lowest BCUT2D eigenvalue weighted by atomic mass is 10.0. The van der Waals surface area contributed by atoms with Gasteiger partial charge in [0, 0.05) is 44.9 Å². The largest absolute Gasteiger partial charge is 0.458 e. The Labute approximate surface area is 208 Å². The Bertz CT molecular complexity index is 1090. The molecule has 0 saturated heterocycles. The van der Waals surface area contributed by atoms with Crippen molar-refractivity contribution in [1.82, 2.24) is 4.90 Å². The molecule has 0 spiro atoms. The molecule has 0 aliphatic heterocycles. The Hall–Kier alpha value is -3.67. The van der Waals surface area contributed by atoms with Gasteiger partial charge in [0.1, 0.15) is 11.6 Å². The van der Waals surface area contributed by atoms with Crippen molar-refractivity contribution < 1.29 is 18.9 Å². The van der Waals surface area contributed by atoms with E-state index in [0.717, 1.165) is 16.8 Å². The number of esters is 1. The molecule has 6 heteroatoms. The van der Waals surface area contributed by atoms with Crippen LogP contribution in [0.4, 0.5) is 5.69 Å². The monoisotopic (exact) mass is 474 g/mol. The van der Waals surface area contributed by atoms with E-state index in [-0.39, 0.29) is 12.5 Å². The zero-order valence-electron chi connectivity index (χ0n) is 21.3. The van der Waals surface area contributed by atoms with Crippen LogP contribution in [0.15, 0.2) is 85.2 Å². The van der Waals surface area contributed by atoms with Crippen LogP contribution in [-0.2, 0) is 33.8 Å². The highest BCUT2D eigenvalue weighted by molar-refractivity contribution is 5.84. The van der Waals surface area contributed by atoms with Crippen molar-refractivity contribution in [3.63, 3.8) is 0 Å². The number of hydrogen-bond donors (Lipinski definition) is 0. The number of benzene rings is 2. The molecule has 1 amide bonds. The zero-order valence-corrected chi connectivity index (χ0v) is 21.3. The predicted molar refractivity (Wildman–Crippen MR) is 138 cm³/mol. The summed E-state index contributed by atoms with van der Waals surface area (Å²) in [4.78, 5) is 30.8. The van der Waals surface area contributed by atoms with Gasteiger partial charge in [-0.05, 0) is 31.9 Å². The number of carbonyl (C=O) groups excluding carboxylic acids is 2. The SMILES string of the molecule is CN(C)c1cc[n+](CC(=O)N(Cc2ccccc2)C(Cc2ccccc2)C(=O)OC(C)(C)C)cc1. The van der Waals surface area contributed by atoms with E-state index in [9.17, 15) is 9.59 Å². The van der Waals surface area contributed by atoms with E-state index >= 15 is 0 Å². The van der Waals surface area contributed by atoms with Crippen molar-refractivity contribution in [3.8, 4) is 0 Å². The van der Waals surface area contributed by atoms with Crippen molar-refractivity contribution >= 4 is 17.6 Å². The molecule has 0 bridgehead atoms. The maximum absolute atomic E-state index is 13.7. The second-order valence-electron chi connectivity index (χ2n) is 9.87. The summed E-state index contributed by atoms with van der Waals surface area (Å²) >= 11 is 0. The Kier molecular flexibility index (Phi) is 8.63. The van der Waals surface area contributed by atoms with Crippen LogP contribution in [0.2, 0.25) is 0 Å². The minimum absolute atomic E-state index is 0.120. The standard InChI is InChI=1S/C29H36N3O3/c1-29(2,3)35-28(34)26(20-23-12-8-6-9-13-23)32(21-24-14-10-7-11-15-24)27(33)22-31-18-16-25(17-19-31)30(4)5/h6-19,26H,20-22H2,1-5H3/q+1. The number of ether oxygens (including phenoxy) is 1. The van der Waals surface area contributed by atoms with E-state index in [1.54, 1.807) is 4.90 Å². The molecule has 3 aromatic rings. The fourth-order valence-corrected chi connectivity index (χ4v) is 3.78. The van der Waals surface area contributed by atoms with Gasteiger partial charge in [-0.1, -0.05) is 60.7 Å². The van der Waals surface area contributed by atoms with Gasteiger partial charge in [-0.15, -0.1) is 0 Å². The number of aromatic nitrogens is 1. The van der Waals surface area contributed by atoms with E-state index in [1.165, 1.54) is 0 Å². The van der Waals surface area contributed by atoms with E-state index in [0.29, 0.717) is 13.0 Å². The number of pyridine rings is 1. The number of hydrogen-bond acceptors (Lipinski definition) is 4. The lowest BCUT2D eigenvalue weighted by Gasteiger charge is -2.32. The van der Waals surface area contributed by atoms with Crippen LogP contribution in [0.1, 0.15) is 31.9 Å². The van der Waals surface area contributed by atoms with Crippen molar-refractivity contribution in [2.45, 2.75) is 51.9 Å².